The largest absolute Gasteiger partial charge is 0.439 e. The Kier molecular flexibility index (Phi) is 8.38. The molecule has 2 aromatic carbocycles. The molecule has 37 heavy (non-hydrogen) atoms. The maximum absolute atomic E-state index is 12.9. The van der Waals surface area contributed by atoms with Crippen molar-refractivity contribution in [3.8, 4) is 11.1 Å². The van der Waals surface area contributed by atoms with Crippen LogP contribution in [0.4, 0.5) is 4.79 Å². The van der Waals surface area contributed by atoms with Gasteiger partial charge in [0, 0.05) is 12.8 Å². The summed E-state index contributed by atoms with van der Waals surface area (Å²) >= 11 is 0. The molecule has 1 aliphatic rings. The number of nitrogens with zero attached hydrogens (tertiary/aromatic N) is 1. The summed E-state index contributed by atoms with van der Waals surface area (Å²) in [6.07, 6.45) is -1.83. The van der Waals surface area contributed by atoms with Gasteiger partial charge >= 0.3 is 12.1 Å². The SMILES string of the molecule is CC(OC(C)(C)C)[C@@H](NC(=O)OC(C)(C)c1ccc(-c2ccccc2)cc1)C(=O)ON1C(=O)CCC1=O. The zero-order chi connectivity index (χ0) is 27.4. The van der Waals surface area contributed by atoms with Crippen LogP contribution in [-0.4, -0.2) is 46.7 Å². The Labute approximate surface area is 217 Å². The minimum Gasteiger partial charge on any atom is -0.439 e. The van der Waals surface area contributed by atoms with Gasteiger partial charge in [0.1, 0.15) is 5.60 Å². The molecule has 1 aliphatic heterocycles. The number of ether oxygens (including phenoxy) is 2. The molecule has 0 bridgehead atoms. The lowest BCUT2D eigenvalue weighted by Crippen LogP contribution is -2.53. The van der Waals surface area contributed by atoms with Gasteiger partial charge in [0.2, 0.25) is 0 Å². The van der Waals surface area contributed by atoms with E-state index in [4.69, 9.17) is 14.3 Å². The van der Waals surface area contributed by atoms with Crippen LogP contribution in [0.5, 0.6) is 0 Å². The van der Waals surface area contributed by atoms with Gasteiger partial charge in [0.25, 0.3) is 11.8 Å². The molecule has 0 aromatic heterocycles. The number of hydrogen-bond acceptors (Lipinski definition) is 7. The molecule has 0 spiro atoms. The highest BCUT2D eigenvalue weighted by molar-refractivity contribution is 6.02. The van der Waals surface area contributed by atoms with Crippen molar-refractivity contribution in [3.63, 3.8) is 0 Å². The first kappa shape index (κ1) is 27.9. The predicted molar refractivity (Wildman–Crippen MR) is 136 cm³/mol. The van der Waals surface area contributed by atoms with E-state index in [1.165, 1.54) is 0 Å². The Morgan fingerprint density at radius 3 is 1.95 bits per heavy atom. The molecule has 2 atom stereocenters. The highest BCUT2D eigenvalue weighted by atomic mass is 16.7. The molecule has 9 heteroatoms. The summed E-state index contributed by atoms with van der Waals surface area (Å²) in [4.78, 5) is 54.7. The van der Waals surface area contributed by atoms with Crippen LogP contribution in [0.15, 0.2) is 54.6 Å². The number of amides is 3. The second kappa shape index (κ2) is 11.1. The molecule has 0 saturated carbocycles. The fraction of sp³-hybridized carbons (Fsp3) is 0.429. The Morgan fingerprint density at radius 1 is 0.865 bits per heavy atom. The Bertz CT molecular complexity index is 1120. The van der Waals surface area contributed by atoms with Gasteiger partial charge in [-0.25, -0.2) is 9.59 Å². The van der Waals surface area contributed by atoms with Crippen molar-refractivity contribution in [1.82, 2.24) is 10.4 Å². The number of carbonyl (C=O) groups is 4. The quantitative estimate of drug-likeness (QED) is 0.521. The van der Waals surface area contributed by atoms with E-state index >= 15 is 0 Å². The van der Waals surface area contributed by atoms with Crippen LogP contribution in [0.2, 0.25) is 0 Å². The molecule has 3 rings (SSSR count). The molecule has 198 valence electrons. The summed E-state index contributed by atoms with van der Waals surface area (Å²) in [7, 11) is 0. The number of rotatable bonds is 8. The van der Waals surface area contributed by atoms with E-state index in [1.807, 2.05) is 54.6 Å². The summed E-state index contributed by atoms with van der Waals surface area (Å²) in [6, 6.07) is 16.2. The van der Waals surface area contributed by atoms with Crippen LogP contribution in [0, 0.1) is 0 Å². The second-order valence-corrected chi connectivity index (χ2v) is 10.4. The number of benzene rings is 2. The average molecular weight is 511 g/mol. The lowest BCUT2D eigenvalue weighted by molar-refractivity contribution is -0.202. The standard InChI is InChI=1S/C28H34N2O7/c1-18(35-27(2,3)4)24(25(33)37-30-22(31)16-17-23(30)32)29-26(34)36-28(5,6)21-14-12-20(13-15-21)19-10-8-7-9-11-19/h7-15,18,24H,16-17H2,1-6H3,(H,29,34)/t18?,24-/m1/s1. The molecule has 1 saturated heterocycles. The number of alkyl carbamates (subject to hydrolysis) is 1. The van der Waals surface area contributed by atoms with Crippen molar-refractivity contribution >= 4 is 23.9 Å². The molecule has 9 nitrogen and oxygen atoms in total. The summed E-state index contributed by atoms with van der Waals surface area (Å²) in [5, 5.41) is 2.93. The van der Waals surface area contributed by atoms with Gasteiger partial charge in [-0.1, -0.05) is 54.6 Å². The fourth-order valence-electron chi connectivity index (χ4n) is 3.94. The summed E-state index contributed by atoms with van der Waals surface area (Å²) in [6.45, 7) is 10.4. The highest BCUT2D eigenvalue weighted by Gasteiger charge is 2.39. The molecular weight excluding hydrogens is 476 g/mol. The number of imide groups is 1. The fourth-order valence-corrected chi connectivity index (χ4v) is 3.94. The summed E-state index contributed by atoms with van der Waals surface area (Å²) < 4.78 is 11.5. The van der Waals surface area contributed by atoms with E-state index in [9.17, 15) is 19.2 Å². The molecular formula is C28H34N2O7. The van der Waals surface area contributed by atoms with Gasteiger partial charge < -0.3 is 19.6 Å². The minimum absolute atomic E-state index is 0.0441. The number of hydroxylamine groups is 2. The van der Waals surface area contributed by atoms with E-state index in [-0.39, 0.29) is 12.8 Å². The zero-order valence-corrected chi connectivity index (χ0v) is 22.1. The average Bonchev–Trinajstić information content (AvgIpc) is 3.13. The van der Waals surface area contributed by atoms with E-state index in [1.54, 1.807) is 41.5 Å². The Hall–Kier alpha value is -3.72. The van der Waals surface area contributed by atoms with Crippen molar-refractivity contribution in [2.75, 3.05) is 0 Å². The molecule has 0 radical (unpaired) electrons. The van der Waals surface area contributed by atoms with Gasteiger partial charge in [-0.2, -0.15) is 0 Å². The van der Waals surface area contributed by atoms with E-state index in [2.05, 4.69) is 5.32 Å². The van der Waals surface area contributed by atoms with Crippen LogP contribution in [-0.2, 0) is 34.3 Å². The maximum Gasteiger partial charge on any atom is 0.408 e. The topological polar surface area (TPSA) is 111 Å². The van der Waals surface area contributed by atoms with Crippen LogP contribution in [0.25, 0.3) is 11.1 Å². The molecule has 0 aliphatic carbocycles. The molecule has 3 amide bonds. The van der Waals surface area contributed by atoms with Gasteiger partial charge in [-0.15, -0.1) is 5.06 Å². The molecule has 1 unspecified atom stereocenters. The zero-order valence-electron chi connectivity index (χ0n) is 22.1. The van der Waals surface area contributed by atoms with Crippen molar-refractivity contribution in [2.45, 2.75) is 77.7 Å². The number of hydrogen-bond donors (Lipinski definition) is 1. The molecule has 1 heterocycles. The molecule has 1 N–H and O–H groups in total. The predicted octanol–water partition coefficient (Wildman–Crippen LogP) is 4.49. The van der Waals surface area contributed by atoms with Gasteiger partial charge in [0.05, 0.1) is 11.7 Å². The van der Waals surface area contributed by atoms with E-state index in [0.717, 1.165) is 16.7 Å². The lowest BCUT2D eigenvalue weighted by Gasteiger charge is -2.32. The first-order chi connectivity index (χ1) is 17.3. The monoisotopic (exact) mass is 510 g/mol. The van der Waals surface area contributed by atoms with Crippen LogP contribution in [0.3, 0.4) is 0 Å². The van der Waals surface area contributed by atoms with Gasteiger partial charge in [0.15, 0.2) is 6.04 Å². The summed E-state index contributed by atoms with van der Waals surface area (Å²) in [5.41, 5.74) is 1.14. The lowest BCUT2D eigenvalue weighted by atomic mass is 9.95. The molecule has 1 fully saturated rings. The number of carbonyl (C=O) groups excluding carboxylic acids is 4. The van der Waals surface area contributed by atoms with Crippen molar-refractivity contribution in [2.24, 2.45) is 0 Å². The first-order valence-electron chi connectivity index (χ1n) is 12.2. The Balaban J connectivity index is 1.73. The Morgan fingerprint density at radius 2 is 1.41 bits per heavy atom. The van der Waals surface area contributed by atoms with Crippen molar-refractivity contribution in [3.05, 3.63) is 60.2 Å². The minimum atomic E-state index is -1.34. The third-order valence-electron chi connectivity index (χ3n) is 5.76. The van der Waals surface area contributed by atoms with Crippen molar-refractivity contribution in [1.29, 1.82) is 0 Å². The van der Waals surface area contributed by atoms with Crippen molar-refractivity contribution < 1.29 is 33.5 Å². The van der Waals surface area contributed by atoms with E-state index in [0.29, 0.717) is 5.06 Å². The second-order valence-electron chi connectivity index (χ2n) is 10.4. The van der Waals surface area contributed by atoms with Crippen LogP contribution < -0.4 is 5.32 Å². The third-order valence-corrected chi connectivity index (χ3v) is 5.76. The molecule has 2 aromatic rings. The first-order valence-corrected chi connectivity index (χ1v) is 12.2. The normalized spacial score (nSPS) is 15.8. The van der Waals surface area contributed by atoms with Gasteiger partial charge in [-0.05, 0) is 58.2 Å². The summed E-state index contributed by atoms with van der Waals surface area (Å²) in [5.74, 6) is -2.25. The maximum atomic E-state index is 12.9. The van der Waals surface area contributed by atoms with Crippen LogP contribution in [0.1, 0.15) is 59.9 Å². The third kappa shape index (κ3) is 7.39. The van der Waals surface area contributed by atoms with Crippen LogP contribution >= 0.6 is 0 Å². The smallest absolute Gasteiger partial charge is 0.408 e. The highest BCUT2D eigenvalue weighted by Crippen LogP contribution is 2.28. The van der Waals surface area contributed by atoms with E-state index < -0.39 is 47.2 Å². The number of nitrogens with one attached hydrogen (secondary N) is 1. The van der Waals surface area contributed by atoms with Gasteiger partial charge in [-0.3, -0.25) is 9.59 Å².